The molecule has 0 bridgehead atoms. The second-order valence-electron chi connectivity index (χ2n) is 3.44. The molecule has 0 fully saturated rings. The third-order valence-electron chi connectivity index (χ3n) is 2.26. The molecule has 2 rings (SSSR count). The zero-order chi connectivity index (χ0) is 12.4. The molecule has 0 unspecified atom stereocenters. The largest absolute Gasteiger partial charge is 0.478 e. The first-order chi connectivity index (χ1) is 8.08. The molecule has 0 amide bonds. The highest BCUT2D eigenvalue weighted by atomic mass is 16.5. The number of ether oxygens (including phenoxy) is 1. The van der Waals surface area contributed by atoms with E-state index in [2.05, 4.69) is 4.99 Å². The molecule has 0 saturated carbocycles. The zero-order valence-electron chi connectivity index (χ0n) is 8.71. The van der Waals surface area contributed by atoms with E-state index in [0.717, 1.165) is 6.07 Å². The van der Waals surface area contributed by atoms with E-state index in [9.17, 15) is 9.59 Å². The quantitative estimate of drug-likeness (QED) is 0.809. The van der Waals surface area contributed by atoms with Crippen molar-refractivity contribution < 1.29 is 24.5 Å². The zero-order valence-corrected chi connectivity index (χ0v) is 8.71. The van der Waals surface area contributed by atoms with Crippen LogP contribution in [0, 0.1) is 0 Å². The smallest absolute Gasteiger partial charge is 0.335 e. The molecule has 1 heterocycles. The topological polar surface area (TPSA) is 96.2 Å². The molecule has 0 saturated heterocycles. The van der Waals surface area contributed by atoms with E-state index in [1.807, 2.05) is 0 Å². The van der Waals surface area contributed by atoms with E-state index in [-0.39, 0.29) is 17.0 Å². The minimum Gasteiger partial charge on any atom is -0.478 e. The van der Waals surface area contributed by atoms with Gasteiger partial charge in [0, 0.05) is 5.56 Å². The van der Waals surface area contributed by atoms with E-state index in [1.165, 1.54) is 12.1 Å². The first-order valence-electron chi connectivity index (χ1n) is 4.87. The fraction of sp³-hybridized carbons (Fsp3) is 0.182. The number of hydrogen-bond donors (Lipinski definition) is 2. The normalized spacial score (nSPS) is 14.0. The lowest BCUT2D eigenvalue weighted by atomic mass is 10.1. The maximum Gasteiger partial charge on any atom is 0.335 e. The van der Waals surface area contributed by atoms with Gasteiger partial charge in [-0.1, -0.05) is 0 Å². The minimum absolute atomic E-state index is 0.0990. The summed E-state index contributed by atoms with van der Waals surface area (Å²) in [6.07, 6.45) is 0. The molecule has 1 aromatic carbocycles. The van der Waals surface area contributed by atoms with Crippen LogP contribution < -0.4 is 0 Å². The molecule has 0 aromatic heterocycles. The van der Waals surface area contributed by atoms with Crippen molar-refractivity contribution in [2.24, 2.45) is 4.99 Å². The Kier molecular flexibility index (Phi) is 2.78. The van der Waals surface area contributed by atoms with Gasteiger partial charge in [-0.3, -0.25) is 0 Å². The second kappa shape index (κ2) is 4.25. The molecule has 88 valence electrons. The number of rotatable bonds is 3. The van der Waals surface area contributed by atoms with E-state index in [0.29, 0.717) is 18.7 Å². The molecule has 0 aliphatic carbocycles. The van der Waals surface area contributed by atoms with Crippen LogP contribution in [0.4, 0.5) is 0 Å². The highest BCUT2D eigenvalue weighted by Crippen LogP contribution is 2.14. The minimum atomic E-state index is -1.19. The van der Waals surface area contributed by atoms with Crippen LogP contribution in [-0.2, 0) is 4.74 Å². The summed E-state index contributed by atoms with van der Waals surface area (Å²) in [6.45, 7) is 0.921. The monoisotopic (exact) mass is 235 g/mol. The van der Waals surface area contributed by atoms with Crippen LogP contribution in [0.2, 0.25) is 0 Å². The van der Waals surface area contributed by atoms with Gasteiger partial charge in [-0.2, -0.15) is 0 Å². The molecule has 6 heteroatoms. The Morgan fingerprint density at radius 3 is 2.12 bits per heavy atom. The van der Waals surface area contributed by atoms with E-state index >= 15 is 0 Å². The van der Waals surface area contributed by atoms with Crippen molar-refractivity contribution in [1.29, 1.82) is 0 Å². The van der Waals surface area contributed by atoms with Crippen molar-refractivity contribution in [1.82, 2.24) is 0 Å². The molecular formula is C11H9NO5. The Balaban J connectivity index is 2.51. The molecule has 1 aromatic rings. The van der Waals surface area contributed by atoms with Crippen LogP contribution in [0.5, 0.6) is 0 Å². The Bertz CT molecular complexity index is 488. The van der Waals surface area contributed by atoms with Gasteiger partial charge >= 0.3 is 11.9 Å². The summed E-state index contributed by atoms with van der Waals surface area (Å²) in [5, 5.41) is 17.8. The van der Waals surface area contributed by atoms with Crippen LogP contribution in [0.15, 0.2) is 23.2 Å². The van der Waals surface area contributed by atoms with Crippen LogP contribution in [0.1, 0.15) is 26.3 Å². The van der Waals surface area contributed by atoms with Gasteiger partial charge in [0.05, 0.1) is 17.7 Å². The van der Waals surface area contributed by atoms with E-state index in [1.54, 1.807) is 0 Å². The van der Waals surface area contributed by atoms with Crippen LogP contribution in [-0.4, -0.2) is 41.2 Å². The number of carbonyl (C=O) groups is 2. The Hall–Kier alpha value is -2.37. The molecule has 6 nitrogen and oxygen atoms in total. The molecule has 2 N–H and O–H groups in total. The lowest BCUT2D eigenvalue weighted by Crippen LogP contribution is -2.08. The van der Waals surface area contributed by atoms with Gasteiger partial charge in [-0.15, -0.1) is 0 Å². The van der Waals surface area contributed by atoms with Gasteiger partial charge in [-0.25, -0.2) is 14.6 Å². The maximum atomic E-state index is 10.9. The van der Waals surface area contributed by atoms with Gasteiger partial charge in [0.2, 0.25) is 5.90 Å². The summed E-state index contributed by atoms with van der Waals surface area (Å²) in [6, 6.07) is 3.79. The van der Waals surface area contributed by atoms with Gasteiger partial charge in [0.15, 0.2) is 0 Å². The highest BCUT2D eigenvalue weighted by Gasteiger charge is 2.16. The maximum absolute atomic E-state index is 10.9. The number of aliphatic imine (C=N–C) groups is 1. The molecule has 17 heavy (non-hydrogen) atoms. The van der Waals surface area contributed by atoms with Gasteiger partial charge in [0.1, 0.15) is 6.61 Å². The van der Waals surface area contributed by atoms with Gasteiger partial charge in [0.25, 0.3) is 0 Å². The van der Waals surface area contributed by atoms with Crippen LogP contribution in [0.25, 0.3) is 0 Å². The SMILES string of the molecule is O=C(O)c1cc(C(=O)O)cc(C2=NCCO2)c1. The number of carboxylic acids is 2. The summed E-state index contributed by atoms with van der Waals surface area (Å²) < 4.78 is 5.17. The first-order valence-corrected chi connectivity index (χ1v) is 4.87. The molecular weight excluding hydrogens is 226 g/mol. The highest BCUT2D eigenvalue weighted by molar-refractivity contribution is 6.01. The Labute approximate surface area is 96.2 Å². The summed E-state index contributed by atoms with van der Waals surface area (Å²) in [5.74, 6) is -2.09. The summed E-state index contributed by atoms with van der Waals surface area (Å²) in [5.41, 5.74) is 0.177. The average molecular weight is 235 g/mol. The number of carboxylic acid groups (broad SMARTS) is 2. The van der Waals surface area contributed by atoms with Crippen molar-refractivity contribution in [2.45, 2.75) is 0 Å². The predicted octanol–water partition coefficient (Wildman–Crippen LogP) is 0.860. The van der Waals surface area contributed by atoms with Crippen molar-refractivity contribution >= 4 is 17.8 Å². The number of nitrogens with zero attached hydrogens (tertiary/aromatic N) is 1. The van der Waals surface area contributed by atoms with Crippen molar-refractivity contribution in [3.63, 3.8) is 0 Å². The number of hydrogen-bond acceptors (Lipinski definition) is 4. The van der Waals surface area contributed by atoms with Crippen molar-refractivity contribution in [3.8, 4) is 0 Å². The standard InChI is InChI=1S/C11H9NO5/c13-10(14)7-3-6(9-12-1-2-17-9)4-8(5-7)11(15)16/h3-5H,1-2H2,(H,13,14)(H,15,16). The van der Waals surface area contributed by atoms with Gasteiger partial charge in [-0.05, 0) is 18.2 Å². The van der Waals surface area contributed by atoms with Crippen LogP contribution >= 0.6 is 0 Å². The van der Waals surface area contributed by atoms with E-state index in [4.69, 9.17) is 14.9 Å². The molecule has 1 aliphatic heterocycles. The third kappa shape index (κ3) is 2.25. The lowest BCUT2D eigenvalue weighted by Gasteiger charge is -2.05. The third-order valence-corrected chi connectivity index (χ3v) is 2.26. The van der Waals surface area contributed by atoms with E-state index < -0.39 is 11.9 Å². The lowest BCUT2D eigenvalue weighted by molar-refractivity contribution is 0.0696. The molecule has 1 aliphatic rings. The summed E-state index contributed by atoms with van der Waals surface area (Å²) in [7, 11) is 0. The molecule has 0 radical (unpaired) electrons. The molecule has 0 spiro atoms. The van der Waals surface area contributed by atoms with Crippen molar-refractivity contribution in [2.75, 3.05) is 13.2 Å². The molecule has 0 atom stereocenters. The average Bonchev–Trinajstić information content (AvgIpc) is 2.81. The number of benzene rings is 1. The summed E-state index contributed by atoms with van der Waals surface area (Å²) >= 11 is 0. The number of aromatic carboxylic acids is 2. The van der Waals surface area contributed by atoms with Crippen LogP contribution in [0.3, 0.4) is 0 Å². The Morgan fingerprint density at radius 2 is 1.71 bits per heavy atom. The summed E-state index contributed by atoms with van der Waals surface area (Å²) in [4.78, 5) is 25.8. The fourth-order valence-electron chi connectivity index (χ4n) is 1.51. The predicted molar refractivity (Wildman–Crippen MR) is 57.7 cm³/mol. The Morgan fingerprint density at radius 1 is 1.12 bits per heavy atom. The van der Waals surface area contributed by atoms with Crippen molar-refractivity contribution in [3.05, 3.63) is 34.9 Å². The first kappa shape index (κ1) is 11.1. The second-order valence-corrected chi connectivity index (χ2v) is 3.44. The fourth-order valence-corrected chi connectivity index (χ4v) is 1.51. The van der Waals surface area contributed by atoms with Gasteiger partial charge < -0.3 is 14.9 Å².